The molecule has 0 aliphatic carbocycles. The van der Waals surface area contributed by atoms with Crippen LogP contribution in [0.4, 0.5) is 13.2 Å². The minimum atomic E-state index is -4.62. The van der Waals surface area contributed by atoms with Crippen molar-refractivity contribution in [3.8, 4) is 0 Å². The zero-order valence-corrected chi connectivity index (χ0v) is 11.4. The number of H-pyrrole nitrogens is 1. The van der Waals surface area contributed by atoms with Crippen LogP contribution in [0.1, 0.15) is 18.6 Å². The van der Waals surface area contributed by atoms with E-state index >= 15 is 0 Å². The summed E-state index contributed by atoms with van der Waals surface area (Å²) in [7, 11) is 0. The number of aromatic nitrogens is 7. The molecule has 0 saturated heterocycles. The largest absolute Gasteiger partial charge is 0.453 e. The van der Waals surface area contributed by atoms with Crippen molar-refractivity contribution in [2.24, 2.45) is 0 Å². The van der Waals surface area contributed by atoms with Gasteiger partial charge in [0.15, 0.2) is 5.65 Å². The Morgan fingerprint density at radius 1 is 1.29 bits per heavy atom. The fraction of sp³-hybridized carbons (Fsp3) is 0.300. The van der Waals surface area contributed by atoms with Crippen LogP contribution < -0.4 is 0 Å². The SMILES string of the molecule is CCc1nc(Sc2ccc3nnc(C(F)(F)F)n3n2)n[nH]1. The predicted molar refractivity (Wildman–Crippen MR) is 65.7 cm³/mol. The minimum Gasteiger partial charge on any atom is -0.262 e. The molecule has 3 heterocycles. The van der Waals surface area contributed by atoms with E-state index in [0.717, 1.165) is 11.8 Å². The lowest BCUT2D eigenvalue weighted by Gasteiger charge is -2.03. The lowest BCUT2D eigenvalue weighted by Crippen LogP contribution is -2.12. The van der Waals surface area contributed by atoms with Crippen LogP contribution in [-0.4, -0.2) is 35.0 Å². The normalized spacial score (nSPS) is 12.2. The summed E-state index contributed by atoms with van der Waals surface area (Å²) in [5, 5.41) is 17.8. The fourth-order valence-electron chi connectivity index (χ4n) is 1.58. The Balaban J connectivity index is 1.96. The van der Waals surface area contributed by atoms with Crippen molar-refractivity contribution in [1.82, 2.24) is 35.0 Å². The maximum Gasteiger partial charge on any atom is 0.453 e. The molecule has 0 aliphatic heterocycles. The van der Waals surface area contributed by atoms with E-state index in [0.29, 0.717) is 26.9 Å². The van der Waals surface area contributed by atoms with Gasteiger partial charge in [-0.3, -0.25) is 5.10 Å². The summed E-state index contributed by atoms with van der Waals surface area (Å²) in [5.41, 5.74) is 0.0240. The number of hydrogen-bond donors (Lipinski definition) is 1. The third kappa shape index (κ3) is 2.68. The minimum absolute atomic E-state index is 0.0240. The molecule has 110 valence electrons. The average molecular weight is 315 g/mol. The molecular formula is C10H8F3N7S. The highest BCUT2D eigenvalue weighted by atomic mass is 32.2. The molecular weight excluding hydrogens is 307 g/mol. The number of rotatable bonds is 3. The summed E-state index contributed by atoms with van der Waals surface area (Å²) < 4.78 is 38.9. The van der Waals surface area contributed by atoms with E-state index in [1.165, 1.54) is 12.1 Å². The highest BCUT2D eigenvalue weighted by Crippen LogP contribution is 2.28. The van der Waals surface area contributed by atoms with Crippen molar-refractivity contribution in [3.63, 3.8) is 0 Å². The molecule has 0 fully saturated rings. The molecule has 0 spiro atoms. The molecule has 0 unspecified atom stereocenters. The molecule has 11 heteroatoms. The number of aryl methyl sites for hydroxylation is 1. The van der Waals surface area contributed by atoms with Crippen LogP contribution in [0.25, 0.3) is 5.65 Å². The first kappa shape index (κ1) is 13.8. The van der Waals surface area contributed by atoms with E-state index in [9.17, 15) is 13.2 Å². The Kier molecular flexibility index (Phi) is 3.27. The van der Waals surface area contributed by atoms with Gasteiger partial charge in [-0.2, -0.15) is 22.8 Å². The second-order valence-electron chi connectivity index (χ2n) is 3.98. The first-order chi connectivity index (χ1) is 9.97. The topological polar surface area (TPSA) is 84.7 Å². The van der Waals surface area contributed by atoms with Gasteiger partial charge in [-0.25, -0.2) is 4.98 Å². The lowest BCUT2D eigenvalue weighted by molar-refractivity contribution is -0.146. The maximum absolute atomic E-state index is 12.8. The van der Waals surface area contributed by atoms with Gasteiger partial charge in [-0.15, -0.1) is 15.3 Å². The molecule has 0 bridgehead atoms. The van der Waals surface area contributed by atoms with Gasteiger partial charge in [0.2, 0.25) is 5.16 Å². The van der Waals surface area contributed by atoms with Crippen molar-refractivity contribution in [2.75, 3.05) is 0 Å². The maximum atomic E-state index is 12.8. The average Bonchev–Trinajstić information content (AvgIpc) is 3.03. The van der Waals surface area contributed by atoms with Gasteiger partial charge in [-0.05, 0) is 23.9 Å². The van der Waals surface area contributed by atoms with Gasteiger partial charge in [0.1, 0.15) is 10.9 Å². The van der Waals surface area contributed by atoms with E-state index in [2.05, 4.69) is 30.5 Å². The van der Waals surface area contributed by atoms with Crippen molar-refractivity contribution in [2.45, 2.75) is 29.7 Å². The lowest BCUT2D eigenvalue weighted by atomic mass is 10.5. The molecule has 0 aromatic carbocycles. The van der Waals surface area contributed by atoms with Crippen LogP contribution in [0, 0.1) is 0 Å². The van der Waals surface area contributed by atoms with Gasteiger partial charge in [-0.1, -0.05) is 6.92 Å². The second-order valence-corrected chi connectivity index (χ2v) is 4.97. The molecule has 21 heavy (non-hydrogen) atoms. The van der Waals surface area contributed by atoms with E-state index in [-0.39, 0.29) is 5.65 Å². The number of nitrogens with one attached hydrogen (secondary N) is 1. The number of fused-ring (bicyclic) bond motifs is 1. The summed E-state index contributed by atoms with van der Waals surface area (Å²) in [6.07, 6.45) is -3.93. The van der Waals surface area contributed by atoms with Crippen LogP contribution in [0.2, 0.25) is 0 Å². The third-order valence-electron chi connectivity index (χ3n) is 2.53. The van der Waals surface area contributed by atoms with Gasteiger partial charge < -0.3 is 0 Å². The van der Waals surface area contributed by atoms with Crippen molar-refractivity contribution >= 4 is 17.4 Å². The summed E-state index contributed by atoms with van der Waals surface area (Å²) in [4.78, 5) is 4.16. The Morgan fingerprint density at radius 2 is 2.10 bits per heavy atom. The molecule has 0 aliphatic rings. The first-order valence-corrected chi connectivity index (χ1v) is 6.68. The number of alkyl halides is 3. The van der Waals surface area contributed by atoms with Crippen LogP contribution in [0.5, 0.6) is 0 Å². The van der Waals surface area contributed by atoms with E-state index in [4.69, 9.17) is 0 Å². The summed E-state index contributed by atoms with van der Waals surface area (Å²) in [5.74, 6) is -0.469. The Hall–Kier alpha value is -2.17. The quantitative estimate of drug-likeness (QED) is 0.795. The molecule has 0 radical (unpaired) electrons. The van der Waals surface area contributed by atoms with Crippen molar-refractivity contribution in [1.29, 1.82) is 0 Å². The molecule has 3 aromatic heterocycles. The molecule has 7 nitrogen and oxygen atoms in total. The first-order valence-electron chi connectivity index (χ1n) is 5.86. The van der Waals surface area contributed by atoms with Gasteiger partial charge in [0, 0.05) is 6.42 Å². The summed E-state index contributed by atoms with van der Waals surface area (Å²) in [6, 6.07) is 2.95. The molecule has 0 amide bonds. The van der Waals surface area contributed by atoms with Crippen molar-refractivity contribution < 1.29 is 13.2 Å². The Morgan fingerprint density at radius 3 is 2.76 bits per heavy atom. The molecule has 0 saturated carbocycles. The molecule has 1 N–H and O–H groups in total. The highest BCUT2D eigenvalue weighted by molar-refractivity contribution is 7.99. The van der Waals surface area contributed by atoms with Crippen LogP contribution in [0.3, 0.4) is 0 Å². The standard InChI is InChI=1S/C10H8F3N7S/c1-2-5-14-9(18-15-5)21-7-4-3-6-16-17-8(10(11,12)13)20(6)19-7/h3-4H,2H2,1H3,(H,14,15,18). The Labute approximate surface area is 120 Å². The van der Waals surface area contributed by atoms with Gasteiger partial charge in [0.05, 0.1) is 0 Å². The van der Waals surface area contributed by atoms with Gasteiger partial charge in [0.25, 0.3) is 5.82 Å². The number of hydrogen-bond acceptors (Lipinski definition) is 6. The zero-order chi connectivity index (χ0) is 15.0. The smallest absolute Gasteiger partial charge is 0.262 e. The van der Waals surface area contributed by atoms with E-state index in [1.807, 2.05) is 6.92 Å². The van der Waals surface area contributed by atoms with E-state index < -0.39 is 12.0 Å². The number of nitrogens with zero attached hydrogens (tertiary/aromatic N) is 6. The molecule has 3 aromatic rings. The number of aromatic amines is 1. The van der Waals surface area contributed by atoms with Crippen LogP contribution in [0.15, 0.2) is 22.3 Å². The monoisotopic (exact) mass is 315 g/mol. The summed E-state index contributed by atoms with van der Waals surface area (Å²) >= 11 is 1.05. The molecule has 3 rings (SSSR count). The summed E-state index contributed by atoms with van der Waals surface area (Å²) in [6.45, 7) is 1.91. The van der Waals surface area contributed by atoms with Gasteiger partial charge >= 0.3 is 6.18 Å². The highest BCUT2D eigenvalue weighted by Gasteiger charge is 2.37. The van der Waals surface area contributed by atoms with E-state index in [1.54, 1.807) is 0 Å². The predicted octanol–water partition coefficient (Wildman–Crippen LogP) is 1.97. The second kappa shape index (κ2) is 4.98. The van der Waals surface area contributed by atoms with Crippen LogP contribution in [-0.2, 0) is 12.6 Å². The fourth-order valence-corrected chi connectivity index (χ4v) is 2.27. The van der Waals surface area contributed by atoms with Crippen molar-refractivity contribution in [3.05, 3.63) is 23.8 Å². The zero-order valence-electron chi connectivity index (χ0n) is 10.6. The Bertz CT molecular complexity index is 778. The van der Waals surface area contributed by atoms with Crippen LogP contribution >= 0.6 is 11.8 Å². The number of halogens is 3. The third-order valence-corrected chi connectivity index (χ3v) is 3.33. The molecule has 0 atom stereocenters.